The first-order chi connectivity index (χ1) is 7.70. The second kappa shape index (κ2) is 4.95. The van der Waals surface area contributed by atoms with E-state index in [0.29, 0.717) is 12.5 Å². The summed E-state index contributed by atoms with van der Waals surface area (Å²) >= 11 is 0. The van der Waals surface area contributed by atoms with Crippen LogP contribution in [0.3, 0.4) is 0 Å². The Morgan fingerprint density at radius 3 is 2.94 bits per heavy atom. The Morgan fingerprint density at radius 1 is 1.44 bits per heavy atom. The van der Waals surface area contributed by atoms with Gasteiger partial charge in [0, 0.05) is 18.6 Å². The molecule has 1 aromatic carbocycles. The van der Waals surface area contributed by atoms with Crippen molar-refractivity contribution < 1.29 is 0 Å². The van der Waals surface area contributed by atoms with Crippen LogP contribution >= 0.6 is 0 Å². The average molecular weight is 219 g/mol. The number of nitrogens with two attached hydrogens (primary N) is 2. The first kappa shape index (κ1) is 11.6. The highest BCUT2D eigenvalue weighted by molar-refractivity contribution is 5.27. The summed E-state index contributed by atoms with van der Waals surface area (Å²) in [7, 11) is 0. The van der Waals surface area contributed by atoms with Crippen LogP contribution in [-0.2, 0) is 6.54 Å². The van der Waals surface area contributed by atoms with E-state index < -0.39 is 0 Å². The molecule has 1 aliphatic heterocycles. The minimum atomic E-state index is 0.205. The van der Waals surface area contributed by atoms with Crippen molar-refractivity contribution in [1.82, 2.24) is 5.32 Å². The van der Waals surface area contributed by atoms with Crippen LogP contribution < -0.4 is 16.8 Å². The maximum Gasteiger partial charge on any atom is 0.0474 e. The summed E-state index contributed by atoms with van der Waals surface area (Å²) in [5.74, 6) is 0.670. The molecular formula is C13H21N3. The fourth-order valence-corrected chi connectivity index (χ4v) is 2.44. The van der Waals surface area contributed by atoms with Crippen molar-refractivity contribution in [2.45, 2.75) is 32.0 Å². The molecule has 1 aliphatic rings. The van der Waals surface area contributed by atoms with Gasteiger partial charge < -0.3 is 16.8 Å². The maximum atomic E-state index is 6.20. The van der Waals surface area contributed by atoms with E-state index in [0.717, 1.165) is 13.0 Å². The van der Waals surface area contributed by atoms with E-state index in [1.165, 1.54) is 11.1 Å². The highest BCUT2D eigenvalue weighted by Gasteiger charge is 2.26. The highest BCUT2D eigenvalue weighted by atomic mass is 15.0. The lowest BCUT2D eigenvalue weighted by Crippen LogP contribution is -2.46. The molecule has 3 nitrogen and oxygen atoms in total. The minimum Gasteiger partial charge on any atom is -0.326 e. The number of benzene rings is 1. The van der Waals surface area contributed by atoms with Gasteiger partial charge >= 0.3 is 0 Å². The first-order valence-electron chi connectivity index (χ1n) is 5.98. The monoisotopic (exact) mass is 219 g/mol. The van der Waals surface area contributed by atoms with Crippen LogP contribution in [0.15, 0.2) is 24.3 Å². The molecule has 3 unspecified atom stereocenters. The third-order valence-electron chi connectivity index (χ3n) is 3.33. The summed E-state index contributed by atoms with van der Waals surface area (Å²) in [6.45, 7) is 3.87. The fraction of sp³-hybridized carbons (Fsp3) is 0.538. The van der Waals surface area contributed by atoms with Crippen molar-refractivity contribution in [2.75, 3.05) is 6.54 Å². The summed E-state index contributed by atoms with van der Waals surface area (Å²) in [5, 5.41) is 3.52. The van der Waals surface area contributed by atoms with Crippen LogP contribution in [0, 0.1) is 5.92 Å². The zero-order valence-electron chi connectivity index (χ0n) is 9.82. The van der Waals surface area contributed by atoms with E-state index in [2.05, 4.69) is 36.5 Å². The van der Waals surface area contributed by atoms with Gasteiger partial charge in [0.1, 0.15) is 0 Å². The van der Waals surface area contributed by atoms with E-state index in [1.54, 1.807) is 0 Å². The molecule has 0 bridgehead atoms. The van der Waals surface area contributed by atoms with E-state index in [1.807, 2.05) is 0 Å². The number of hydrogen-bond acceptors (Lipinski definition) is 3. The van der Waals surface area contributed by atoms with E-state index in [9.17, 15) is 0 Å². The van der Waals surface area contributed by atoms with Gasteiger partial charge in [-0.2, -0.15) is 0 Å². The summed E-state index contributed by atoms with van der Waals surface area (Å²) in [5.41, 5.74) is 14.3. The van der Waals surface area contributed by atoms with Crippen LogP contribution in [0.25, 0.3) is 0 Å². The molecule has 0 spiro atoms. The molecule has 5 N–H and O–H groups in total. The third kappa shape index (κ3) is 2.43. The van der Waals surface area contributed by atoms with E-state index >= 15 is 0 Å². The van der Waals surface area contributed by atoms with Crippen LogP contribution in [0.5, 0.6) is 0 Å². The van der Waals surface area contributed by atoms with E-state index in [-0.39, 0.29) is 12.1 Å². The molecule has 0 amide bonds. The van der Waals surface area contributed by atoms with Crippen LogP contribution in [0.4, 0.5) is 0 Å². The molecule has 1 fully saturated rings. The smallest absolute Gasteiger partial charge is 0.0474 e. The number of hydrogen-bond donors (Lipinski definition) is 3. The zero-order valence-corrected chi connectivity index (χ0v) is 9.82. The molecule has 0 radical (unpaired) electrons. The number of rotatable bonds is 2. The Kier molecular flexibility index (Phi) is 3.59. The molecule has 1 saturated heterocycles. The van der Waals surface area contributed by atoms with E-state index in [4.69, 9.17) is 11.5 Å². The van der Waals surface area contributed by atoms with Crippen molar-refractivity contribution in [2.24, 2.45) is 17.4 Å². The van der Waals surface area contributed by atoms with Gasteiger partial charge in [-0.3, -0.25) is 0 Å². The second-order valence-electron chi connectivity index (χ2n) is 4.84. The molecule has 88 valence electrons. The fourth-order valence-electron chi connectivity index (χ4n) is 2.44. The maximum absolute atomic E-state index is 6.20. The van der Waals surface area contributed by atoms with Gasteiger partial charge in [-0.1, -0.05) is 31.2 Å². The molecule has 0 aliphatic carbocycles. The van der Waals surface area contributed by atoms with Crippen LogP contribution in [0.2, 0.25) is 0 Å². The SMILES string of the molecule is CC1CNC(c2cccc(CN)c2)C(N)C1. The van der Waals surface area contributed by atoms with Crippen LogP contribution in [0.1, 0.15) is 30.5 Å². The van der Waals surface area contributed by atoms with Gasteiger partial charge in [0.15, 0.2) is 0 Å². The predicted octanol–water partition coefficient (Wildman–Crippen LogP) is 1.14. The van der Waals surface area contributed by atoms with Crippen molar-refractivity contribution in [3.63, 3.8) is 0 Å². The van der Waals surface area contributed by atoms with Crippen molar-refractivity contribution in [3.8, 4) is 0 Å². The number of nitrogens with one attached hydrogen (secondary N) is 1. The Hall–Kier alpha value is -0.900. The van der Waals surface area contributed by atoms with Gasteiger partial charge in [0.2, 0.25) is 0 Å². The molecule has 2 rings (SSSR count). The Balaban J connectivity index is 2.16. The molecule has 16 heavy (non-hydrogen) atoms. The molecule has 1 heterocycles. The van der Waals surface area contributed by atoms with Crippen molar-refractivity contribution in [1.29, 1.82) is 0 Å². The Morgan fingerprint density at radius 2 is 2.25 bits per heavy atom. The van der Waals surface area contributed by atoms with Gasteiger partial charge in [-0.25, -0.2) is 0 Å². The van der Waals surface area contributed by atoms with Crippen LogP contribution in [-0.4, -0.2) is 12.6 Å². The lowest BCUT2D eigenvalue weighted by atomic mass is 9.87. The molecule has 1 aromatic rings. The second-order valence-corrected chi connectivity index (χ2v) is 4.84. The lowest BCUT2D eigenvalue weighted by Gasteiger charge is -2.34. The third-order valence-corrected chi connectivity index (χ3v) is 3.33. The standard InChI is InChI=1S/C13H21N3/c1-9-5-12(15)13(16-8-9)11-4-2-3-10(6-11)7-14/h2-4,6,9,12-13,16H,5,7-8,14-15H2,1H3. The normalized spacial score (nSPS) is 30.3. The average Bonchev–Trinajstić information content (AvgIpc) is 2.29. The molecule has 3 atom stereocenters. The van der Waals surface area contributed by atoms with Gasteiger partial charge in [-0.15, -0.1) is 0 Å². The Labute approximate surface area is 97.2 Å². The quantitative estimate of drug-likeness (QED) is 0.699. The summed E-state index contributed by atoms with van der Waals surface area (Å²) in [6, 6.07) is 8.89. The van der Waals surface area contributed by atoms with Gasteiger partial charge in [-0.05, 0) is 30.0 Å². The van der Waals surface area contributed by atoms with Gasteiger partial charge in [0.05, 0.1) is 0 Å². The highest BCUT2D eigenvalue weighted by Crippen LogP contribution is 2.25. The summed E-state index contributed by atoms with van der Waals surface area (Å²) in [4.78, 5) is 0. The Bertz CT molecular complexity index is 351. The van der Waals surface area contributed by atoms with Gasteiger partial charge in [0.25, 0.3) is 0 Å². The lowest BCUT2D eigenvalue weighted by molar-refractivity contribution is 0.291. The molecule has 0 saturated carbocycles. The minimum absolute atomic E-state index is 0.205. The van der Waals surface area contributed by atoms with Crippen molar-refractivity contribution in [3.05, 3.63) is 35.4 Å². The first-order valence-corrected chi connectivity index (χ1v) is 5.98. The predicted molar refractivity (Wildman–Crippen MR) is 66.8 cm³/mol. The topological polar surface area (TPSA) is 64.1 Å². The number of piperidine rings is 1. The van der Waals surface area contributed by atoms with Crippen molar-refractivity contribution >= 4 is 0 Å². The molecule has 0 aromatic heterocycles. The molecule has 3 heteroatoms. The largest absolute Gasteiger partial charge is 0.326 e. The summed E-state index contributed by atoms with van der Waals surface area (Å²) in [6.07, 6.45) is 1.09. The zero-order chi connectivity index (χ0) is 11.5. The summed E-state index contributed by atoms with van der Waals surface area (Å²) < 4.78 is 0. The molecular weight excluding hydrogens is 198 g/mol.